The van der Waals surface area contributed by atoms with Crippen LogP contribution in [0.15, 0.2) is 48.8 Å². The van der Waals surface area contributed by atoms with Crippen LogP contribution in [-0.4, -0.2) is 33.3 Å². The topological polar surface area (TPSA) is 83.7 Å². The second-order valence-corrected chi connectivity index (χ2v) is 6.54. The van der Waals surface area contributed by atoms with Gasteiger partial charge < -0.3 is 10.6 Å². The molecule has 0 aliphatic carbocycles. The molecule has 6 heteroatoms. The average Bonchev–Trinajstić information content (AvgIpc) is 3.11. The van der Waals surface area contributed by atoms with E-state index in [1.54, 1.807) is 12.3 Å². The molecule has 0 amide bonds. The summed E-state index contributed by atoms with van der Waals surface area (Å²) in [7, 11) is 0. The SMILES string of the molecule is Nc1ccnc(N2CCCC(c3[nH]ncc3Cc3ccccc3)C2)n1. The highest BCUT2D eigenvalue weighted by Gasteiger charge is 2.26. The third kappa shape index (κ3) is 3.47. The van der Waals surface area contributed by atoms with Crippen molar-refractivity contribution in [3.63, 3.8) is 0 Å². The van der Waals surface area contributed by atoms with Gasteiger partial charge in [0.15, 0.2) is 0 Å². The second-order valence-electron chi connectivity index (χ2n) is 6.54. The number of aromatic nitrogens is 4. The fraction of sp³-hybridized carbons (Fsp3) is 0.316. The van der Waals surface area contributed by atoms with Crippen molar-refractivity contribution in [2.24, 2.45) is 0 Å². The predicted molar refractivity (Wildman–Crippen MR) is 98.5 cm³/mol. The maximum absolute atomic E-state index is 5.81. The van der Waals surface area contributed by atoms with Crippen molar-refractivity contribution in [1.82, 2.24) is 20.2 Å². The Morgan fingerprint density at radius 3 is 2.92 bits per heavy atom. The van der Waals surface area contributed by atoms with Gasteiger partial charge in [-0.2, -0.15) is 10.1 Å². The van der Waals surface area contributed by atoms with Crippen molar-refractivity contribution in [2.45, 2.75) is 25.2 Å². The lowest BCUT2D eigenvalue weighted by Crippen LogP contribution is -2.36. The summed E-state index contributed by atoms with van der Waals surface area (Å²) in [4.78, 5) is 11.0. The van der Waals surface area contributed by atoms with Crippen LogP contribution in [0.5, 0.6) is 0 Å². The van der Waals surface area contributed by atoms with Gasteiger partial charge in [0.25, 0.3) is 0 Å². The molecule has 3 N–H and O–H groups in total. The maximum Gasteiger partial charge on any atom is 0.227 e. The number of aromatic amines is 1. The summed E-state index contributed by atoms with van der Waals surface area (Å²) in [6.45, 7) is 1.84. The first-order chi connectivity index (χ1) is 12.3. The van der Waals surface area contributed by atoms with Crippen molar-refractivity contribution >= 4 is 11.8 Å². The van der Waals surface area contributed by atoms with Crippen LogP contribution in [0.1, 0.15) is 35.6 Å². The Bertz CT molecular complexity index is 829. The Morgan fingerprint density at radius 1 is 1.20 bits per heavy atom. The molecule has 3 aromatic rings. The van der Waals surface area contributed by atoms with E-state index in [-0.39, 0.29) is 0 Å². The minimum Gasteiger partial charge on any atom is -0.384 e. The smallest absolute Gasteiger partial charge is 0.227 e. The summed E-state index contributed by atoms with van der Waals surface area (Å²) in [6.07, 6.45) is 6.82. The molecule has 1 aromatic carbocycles. The van der Waals surface area contributed by atoms with Gasteiger partial charge in [0, 0.05) is 37.3 Å². The molecule has 2 aromatic heterocycles. The highest BCUT2D eigenvalue weighted by Crippen LogP contribution is 2.30. The van der Waals surface area contributed by atoms with E-state index in [9.17, 15) is 0 Å². The normalized spacial score (nSPS) is 17.6. The number of nitrogens with two attached hydrogens (primary N) is 1. The standard InChI is InChI=1S/C19H22N6/c20-17-8-9-21-19(23-17)25-10-4-7-15(13-25)18-16(12-22-24-18)11-14-5-2-1-3-6-14/h1-3,5-6,8-9,12,15H,4,7,10-11,13H2,(H,22,24)(H2,20,21,23). The van der Waals surface area contributed by atoms with Gasteiger partial charge in [-0.25, -0.2) is 4.98 Å². The number of nitrogens with zero attached hydrogens (tertiary/aromatic N) is 4. The maximum atomic E-state index is 5.81. The summed E-state index contributed by atoms with van der Waals surface area (Å²) < 4.78 is 0. The van der Waals surface area contributed by atoms with E-state index in [0.29, 0.717) is 17.7 Å². The molecule has 3 heterocycles. The average molecular weight is 334 g/mol. The third-order valence-electron chi connectivity index (χ3n) is 4.77. The first kappa shape index (κ1) is 15.6. The van der Waals surface area contributed by atoms with E-state index in [1.165, 1.54) is 16.8 Å². The monoisotopic (exact) mass is 334 g/mol. The predicted octanol–water partition coefficient (Wildman–Crippen LogP) is 2.76. The van der Waals surface area contributed by atoms with Gasteiger partial charge in [-0.05, 0) is 30.0 Å². The number of rotatable bonds is 4. The number of nitrogens with one attached hydrogen (secondary N) is 1. The van der Waals surface area contributed by atoms with Crippen LogP contribution in [0.4, 0.5) is 11.8 Å². The van der Waals surface area contributed by atoms with Crippen LogP contribution >= 0.6 is 0 Å². The van der Waals surface area contributed by atoms with Crippen LogP contribution in [0.2, 0.25) is 0 Å². The molecule has 0 saturated carbocycles. The lowest BCUT2D eigenvalue weighted by molar-refractivity contribution is 0.493. The number of H-pyrrole nitrogens is 1. The molecular formula is C19H22N6. The summed E-state index contributed by atoms with van der Waals surface area (Å²) in [5.41, 5.74) is 9.62. The summed E-state index contributed by atoms with van der Waals surface area (Å²) in [5.74, 6) is 1.63. The Kier molecular flexibility index (Phi) is 4.33. The molecule has 1 atom stereocenters. The number of benzene rings is 1. The van der Waals surface area contributed by atoms with E-state index < -0.39 is 0 Å². The second kappa shape index (κ2) is 6.93. The zero-order valence-corrected chi connectivity index (χ0v) is 14.1. The third-order valence-corrected chi connectivity index (χ3v) is 4.77. The fourth-order valence-corrected chi connectivity index (χ4v) is 3.54. The molecule has 1 aliphatic heterocycles. The molecule has 0 radical (unpaired) electrons. The quantitative estimate of drug-likeness (QED) is 0.766. The van der Waals surface area contributed by atoms with Gasteiger partial charge in [0.2, 0.25) is 5.95 Å². The van der Waals surface area contributed by atoms with Crippen molar-refractivity contribution in [1.29, 1.82) is 0 Å². The number of hydrogen-bond acceptors (Lipinski definition) is 5. The molecule has 0 spiro atoms. The zero-order chi connectivity index (χ0) is 17.1. The molecule has 4 rings (SSSR count). The van der Waals surface area contributed by atoms with Crippen LogP contribution in [0.25, 0.3) is 0 Å². The highest BCUT2D eigenvalue weighted by molar-refractivity contribution is 5.39. The first-order valence-corrected chi connectivity index (χ1v) is 8.69. The Hall–Kier alpha value is -2.89. The molecule has 1 saturated heterocycles. The Balaban J connectivity index is 1.53. The van der Waals surface area contributed by atoms with Crippen molar-refractivity contribution in [3.05, 3.63) is 65.6 Å². The largest absolute Gasteiger partial charge is 0.384 e. The molecule has 128 valence electrons. The summed E-state index contributed by atoms with van der Waals surface area (Å²) in [6, 6.07) is 12.2. The molecule has 6 nitrogen and oxygen atoms in total. The van der Waals surface area contributed by atoms with Crippen molar-refractivity contribution in [3.8, 4) is 0 Å². The van der Waals surface area contributed by atoms with Crippen LogP contribution < -0.4 is 10.6 Å². The number of nitrogen functional groups attached to an aromatic ring is 1. The van der Waals surface area contributed by atoms with Crippen LogP contribution in [0, 0.1) is 0 Å². The molecular weight excluding hydrogens is 312 g/mol. The first-order valence-electron chi connectivity index (χ1n) is 8.69. The number of piperidine rings is 1. The van der Waals surface area contributed by atoms with Gasteiger partial charge >= 0.3 is 0 Å². The zero-order valence-electron chi connectivity index (χ0n) is 14.1. The Morgan fingerprint density at radius 2 is 2.08 bits per heavy atom. The fourth-order valence-electron chi connectivity index (χ4n) is 3.54. The van der Waals surface area contributed by atoms with E-state index in [1.807, 2.05) is 12.3 Å². The van der Waals surface area contributed by atoms with E-state index >= 15 is 0 Å². The van der Waals surface area contributed by atoms with Gasteiger partial charge in [-0.1, -0.05) is 30.3 Å². The molecule has 1 unspecified atom stereocenters. The highest BCUT2D eigenvalue weighted by atomic mass is 15.3. The molecule has 1 fully saturated rings. The van der Waals surface area contributed by atoms with Crippen LogP contribution in [-0.2, 0) is 6.42 Å². The van der Waals surface area contributed by atoms with Gasteiger partial charge in [0.1, 0.15) is 5.82 Å². The van der Waals surface area contributed by atoms with E-state index in [4.69, 9.17) is 5.73 Å². The molecule has 25 heavy (non-hydrogen) atoms. The number of hydrogen-bond donors (Lipinski definition) is 2. The van der Waals surface area contributed by atoms with Crippen molar-refractivity contribution in [2.75, 3.05) is 23.7 Å². The molecule has 1 aliphatic rings. The van der Waals surface area contributed by atoms with E-state index in [0.717, 1.165) is 32.4 Å². The Labute approximate surface area is 147 Å². The van der Waals surface area contributed by atoms with Crippen LogP contribution in [0.3, 0.4) is 0 Å². The lowest BCUT2D eigenvalue weighted by Gasteiger charge is -2.32. The molecule has 0 bridgehead atoms. The van der Waals surface area contributed by atoms with E-state index in [2.05, 4.69) is 49.3 Å². The summed E-state index contributed by atoms with van der Waals surface area (Å²) in [5, 5.41) is 7.55. The van der Waals surface area contributed by atoms with Gasteiger partial charge in [-0.3, -0.25) is 5.10 Å². The number of anilines is 2. The minimum atomic E-state index is 0.403. The minimum absolute atomic E-state index is 0.403. The van der Waals surface area contributed by atoms with Gasteiger partial charge in [-0.15, -0.1) is 0 Å². The summed E-state index contributed by atoms with van der Waals surface area (Å²) >= 11 is 0. The lowest BCUT2D eigenvalue weighted by atomic mass is 9.91. The van der Waals surface area contributed by atoms with Crippen molar-refractivity contribution < 1.29 is 0 Å². The van der Waals surface area contributed by atoms with Gasteiger partial charge in [0.05, 0.1) is 6.20 Å².